The molecule has 8 heteroatoms. The molecule has 0 spiro atoms. The van der Waals surface area contributed by atoms with E-state index in [9.17, 15) is 4.79 Å². The SMILES string of the molecule is Cl.Cn1cc([C@H]2CNC[C@@H]2C(=O)NCc2ccc(Cl)cc2Cl)cn1. The monoisotopic (exact) mass is 388 g/mol. The van der Waals surface area contributed by atoms with Gasteiger partial charge in [-0.25, -0.2) is 0 Å². The van der Waals surface area contributed by atoms with Crippen molar-refractivity contribution in [3.8, 4) is 0 Å². The molecule has 130 valence electrons. The minimum Gasteiger partial charge on any atom is -0.352 e. The van der Waals surface area contributed by atoms with Gasteiger partial charge in [-0.3, -0.25) is 9.48 Å². The number of carbonyl (C=O) groups excluding carboxylic acids is 1. The van der Waals surface area contributed by atoms with Crippen LogP contribution in [0.25, 0.3) is 0 Å². The van der Waals surface area contributed by atoms with E-state index in [4.69, 9.17) is 23.2 Å². The van der Waals surface area contributed by atoms with Gasteiger partial charge in [0.25, 0.3) is 0 Å². The van der Waals surface area contributed by atoms with Crippen LogP contribution in [0.4, 0.5) is 0 Å². The van der Waals surface area contributed by atoms with E-state index in [1.54, 1.807) is 16.8 Å². The maximum absolute atomic E-state index is 12.5. The Hall–Kier alpha value is -1.27. The smallest absolute Gasteiger partial charge is 0.225 e. The predicted molar refractivity (Wildman–Crippen MR) is 97.9 cm³/mol. The van der Waals surface area contributed by atoms with E-state index in [-0.39, 0.29) is 30.2 Å². The molecule has 1 aromatic carbocycles. The minimum absolute atomic E-state index is 0. The van der Waals surface area contributed by atoms with Gasteiger partial charge in [-0.15, -0.1) is 12.4 Å². The third kappa shape index (κ3) is 4.22. The zero-order chi connectivity index (χ0) is 16.4. The van der Waals surface area contributed by atoms with Gasteiger partial charge in [0.2, 0.25) is 5.91 Å². The number of rotatable bonds is 4. The molecule has 0 unspecified atom stereocenters. The highest BCUT2D eigenvalue weighted by Gasteiger charge is 2.34. The minimum atomic E-state index is -0.106. The molecule has 5 nitrogen and oxygen atoms in total. The Morgan fingerprint density at radius 2 is 2.21 bits per heavy atom. The number of aromatic nitrogens is 2. The Bertz CT molecular complexity index is 719. The molecule has 1 aliphatic heterocycles. The summed E-state index contributed by atoms with van der Waals surface area (Å²) in [4.78, 5) is 12.5. The average Bonchev–Trinajstić information content (AvgIpc) is 3.14. The molecule has 2 heterocycles. The lowest BCUT2D eigenvalue weighted by atomic mass is 9.90. The summed E-state index contributed by atoms with van der Waals surface area (Å²) in [7, 11) is 1.88. The molecule has 2 N–H and O–H groups in total. The Labute approximate surface area is 157 Å². The summed E-state index contributed by atoms with van der Waals surface area (Å²) in [5.41, 5.74) is 1.94. The summed E-state index contributed by atoms with van der Waals surface area (Å²) in [5.74, 6) is 0.0598. The first-order valence-corrected chi connectivity index (χ1v) is 8.21. The summed E-state index contributed by atoms with van der Waals surface area (Å²) in [6.07, 6.45) is 3.79. The molecule has 1 aromatic heterocycles. The van der Waals surface area contributed by atoms with Gasteiger partial charge in [0.15, 0.2) is 0 Å². The number of halogens is 3. The van der Waals surface area contributed by atoms with Crippen molar-refractivity contribution in [3.63, 3.8) is 0 Å². The number of nitrogens with zero attached hydrogens (tertiary/aromatic N) is 2. The molecule has 2 atom stereocenters. The van der Waals surface area contributed by atoms with Crippen molar-refractivity contribution in [2.75, 3.05) is 13.1 Å². The number of hydrogen-bond acceptors (Lipinski definition) is 3. The van der Waals surface area contributed by atoms with Crippen molar-refractivity contribution < 1.29 is 4.79 Å². The van der Waals surface area contributed by atoms with Crippen molar-refractivity contribution in [3.05, 3.63) is 51.8 Å². The van der Waals surface area contributed by atoms with Gasteiger partial charge >= 0.3 is 0 Å². The van der Waals surface area contributed by atoms with Crippen LogP contribution >= 0.6 is 35.6 Å². The van der Waals surface area contributed by atoms with E-state index in [2.05, 4.69) is 15.7 Å². The van der Waals surface area contributed by atoms with Crippen LogP contribution in [0.15, 0.2) is 30.6 Å². The zero-order valence-corrected chi connectivity index (χ0v) is 15.5. The molecule has 2 aromatic rings. The van der Waals surface area contributed by atoms with Crippen molar-refractivity contribution in [1.29, 1.82) is 0 Å². The normalized spacial score (nSPS) is 19.8. The number of hydrogen-bond donors (Lipinski definition) is 2. The Kier molecular flexibility index (Phi) is 6.52. The highest BCUT2D eigenvalue weighted by molar-refractivity contribution is 6.35. The first-order valence-electron chi connectivity index (χ1n) is 7.45. The molecule has 0 radical (unpaired) electrons. The third-order valence-electron chi connectivity index (χ3n) is 4.17. The second-order valence-electron chi connectivity index (χ2n) is 5.77. The van der Waals surface area contributed by atoms with Crippen LogP contribution in [0.5, 0.6) is 0 Å². The molecular weight excluding hydrogens is 371 g/mol. The Balaban J connectivity index is 0.00000208. The lowest BCUT2D eigenvalue weighted by Crippen LogP contribution is -2.34. The fourth-order valence-electron chi connectivity index (χ4n) is 2.91. The van der Waals surface area contributed by atoms with E-state index >= 15 is 0 Å². The Morgan fingerprint density at radius 1 is 1.42 bits per heavy atom. The quantitative estimate of drug-likeness (QED) is 0.845. The number of amides is 1. The van der Waals surface area contributed by atoms with Gasteiger partial charge in [-0.05, 0) is 23.3 Å². The molecule has 0 bridgehead atoms. The predicted octanol–water partition coefficient (Wildman–Crippen LogP) is 2.77. The first-order chi connectivity index (χ1) is 11.0. The second-order valence-corrected chi connectivity index (χ2v) is 6.62. The topological polar surface area (TPSA) is 59.0 Å². The number of nitrogens with one attached hydrogen (secondary N) is 2. The van der Waals surface area contributed by atoms with Gasteiger partial charge in [0.1, 0.15) is 0 Å². The van der Waals surface area contributed by atoms with Crippen molar-refractivity contribution in [2.45, 2.75) is 12.5 Å². The van der Waals surface area contributed by atoms with Gasteiger partial charge < -0.3 is 10.6 Å². The number of aryl methyl sites for hydroxylation is 1. The van der Waals surface area contributed by atoms with E-state index in [1.165, 1.54) is 0 Å². The molecule has 0 saturated carbocycles. The van der Waals surface area contributed by atoms with Crippen LogP contribution in [0.1, 0.15) is 17.0 Å². The second kappa shape index (κ2) is 8.21. The van der Waals surface area contributed by atoms with Crippen LogP contribution in [-0.2, 0) is 18.4 Å². The molecule has 1 saturated heterocycles. The van der Waals surface area contributed by atoms with Gasteiger partial charge in [-0.2, -0.15) is 5.10 Å². The van der Waals surface area contributed by atoms with E-state index in [0.717, 1.165) is 17.7 Å². The molecule has 3 rings (SSSR count). The molecule has 1 amide bonds. The first kappa shape index (κ1) is 19.1. The summed E-state index contributed by atoms with van der Waals surface area (Å²) in [5, 5.41) is 11.6. The molecule has 24 heavy (non-hydrogen) atoms. The van der Waals surface area contributed by atoms with Crippen LogP contribution in [-0.4, -0.2) is 28.8 Å². The van der Waals surface area contributed by atoms with Gasteiger partial charge in [0, 0.05) is 48.8 Å². The van der Waals surface area contributed by atoms with Crippen LogP contribution in [0.2, 0.25) is 10.0 Å². The van der Waals surface area contributed by atoms with Crippen LogP contribution in [0.3, 0.4) is 0 Å². The molecule has 1 aliphatic rings. The highest BCUT2D eigenvalue weighted by Crippen LogP contribution is 2.28. The van der Waals surface area contributed by atoms with Crippen LogP contribution in [0, 0.1) is 5.92 Å². The molecular formula is C16H19Cl3N4O. The highest BCUT2D eigenvalue weighted by atomic mass is 35.5. The maximum atomic E-state index is 12.5. The van der Waals surface area contributed by atoms with E-state index in [0.29, 0.717) is 23.1 Å². The molecule has 1 fully saturated rings. The largest absolute Gasteiger partial charge is 0.352 e. The van der Waals surface area contributed by atoms with E-state index in [1.807, 2.05) is 25.5 Å². The fraction of sp³-hybridized carbons (Fsp3) is 0.375. The lowest BCUT2D eigenvalue weighted by Gasteiger charge is -2.17. The zero-order valence-electron chi connectivity index (χ0n) is 13.1. The number of benzene rings is 1. The van der Waals surface area contributed by atoms with Crippen LogP contribution < -0.4 is 10.6 Å². The van der Waals surface area contributed by atoms with Gasteiger partial charge in [-0.1, -0.05) is 29.3 Å². The van der Waals surface area contributed by atoms with E-state index < -0.39 is 0 Å². The van der Waals surface area contributed by atoms with Gasteiger partial charge in [0.05, 0.1) is 12.1 Å². The summed E-state index contributed by atoms with van der Waals surface area (Å²) >= 11 is 12.0. The van der Waals surface area contributed by atoms with Crippen molar-refractivity contribution in [2.24, 2.45) is 13.0 Å². The molecule has 0 aliphatic carbocycles. The third-order valence-corrected chi connectivity index (χ3v) is 4.76. The maximum Gasteiger partial charge on any atom is 0.225 e. The fourth-order valence-corrected chi connectivity index (χ4v) is 3.39. The number of carbonyl (C=O) groups is 1. The summed E-state index contributed by atoms with van der Waals surface area (Å²) in [6, 6.07) is 5.28. The summed E-state index contributed by atoms with van der Waals surface area (Å²) in [6.45, 7) is 1.84. The Morgan fingerprint density at radius 3 is 2.88 bits per heavy atom. The van der Waals surface area contributed by atoms with Crippen molar-refractivity contribution >= 4 is 41.5 Å². The standard InChI is InChI=1S/C16H18Cl2N4O.ClH/c1-22-9-11(6-21-22)13-7-19-8-14(13)16(23)20-5-10-2-3-12(17)4-15(10)18;/h2-4,6,9,13-14,19H,5,7-8H2,1H3,(H,20,23);1H/t13-,14+;/m1./s1. The lowest BCUT2D eigenvalue weighted by molar-refractivity contribution is -0.125. The average molecular weight is 390 g/mol. The summed E-state index contributed by atoms with van der Waals surface area (Å²) < 4.78 is 1.76. The van der Waals surface area contributed by atoms with Crippen molar-refractivity contribution in [1.82, 2.24) is 20.4 Å².